The molecule has 1 fully saturated rings. The molecule has 2 aliphatic rings. The van der Waals surface area contributed by atoms with Gasteiger partial charge in [-0.3, -0.25) is 14.5 Å². The van der Waals surface area contributed by atoms with E-state index >= 15 is 0 Å². The molecule has 8 heteroatoms. The molecule has 1 saturated heterocycles. The number of benzene rings is 2. The average molecular weight is 437 g/mol. The summed E-state index contributed by atoms with van der Waals surface area (Å²) in [4.78, 5) is 39.2. The van der Waals surface area contributed by atoms with Crippen molar-refractivity contribution < 1.29 is 23.9 Å². The standard InChI is InChI=1S/C24H27N3O5/c1-14(2)16-5-7-17(8-6-16)15(3)25-21(28)12-27-22(29)24(4,26-23(27)30)18-9-10-19-20(11-18)32-13-31-19/h5-11,14-15H,12-13H2,1-4H3,(H,25,28)(H,26,30). The van der Waals surface area contributed by atoms with Gasteiger partial charge < -0.3 is 20.1 Å². The number of amides is 4. The fourth-order valence-corrected chi connectivity index (χ4v) is 3.93. The van der Waals surface area contributed by atoms with E-state index in [1.807, 2.05) is 31.2 Å². The molecule has 0 bridgehead atoms. The predicted molar refractivity (Wildman–Crippen MR) is 117 cm³/mol. The molecule has 0 radical (unpaired) electrons. The molecule has 0 aliphatic carbocycles. The topological polar surface area (TPSA) is 97.0 Å². The number of rotatable bonds is 6. The second-order valence-electron chi connectivity index (χ2n) is 8.63. The lowest BCUT2D eigenvalue weighted by Gasteiger charge is -2.22. The van der Waals surface area contributed by atoms with Crippen molar-refractivity contribution in [1.29, 1.82) is 0 Å². The van der Waals surface area contributed by atoms with Crippen molar-refractivity contribution in [3.63, 3.8) is 0 Å². The Bertz CT molecular complexity index is 1070. The van der Waals surface area contributed by atoms with Gasteiger partial charge in [-0.15, -0.1) is 0 Å². The Morgan fingerprint density at radius 2 is 1.72 bits per heavy atom. The van der Waals surface area contributed by atoms with Crippen molar-refractivity contribution in [2.45, 2.75) is 45.2 Å². The molecule has 8 nitrogen and oxygen atoms in total. The molecule has 4 amide bonds. The van der Waals surface area contributed by atoms with Gasteiger partial charge in [0.2, 0.25) is 12.7 Å². The van der Waals surface area contributed by atoms with E-state index in [1.165, 1.54) is 5.56 Å². The van der Waals surface area contributed by atoms with Crippen LogP contribution in [0.3, 0.4) is 0 Å². The number of hydrogen-bond acceptors (Lipinski definition) is 5. The second-order valence-corrected chi connectivity index (χ2v) is 8.63. The number of carbonyl (C=O) groups is 3. The molecule has 2 aromatic carbocycles. The zero-order chi connectivity index (χ0) is 23.0. The van der Waals surface area contributed by atoms with Gasteiger partial charge in [-0.2, -0.15) is 0 Å². The van der Waals surface area contributed by atoms with Crippen LogP contribution in [0.25, 0.3) is 0 Å². The average Bonchev–Trinajstić information content (AvgIpc) is 3.32. The molecule has 168 valence electrons. The number of urea groups is 1. The van der Waals surface area contributed by atoms with E-state index in [9.17, 15) is 14.4 Å². The van der Waals surface area contributed by atoms with Crippen LogP contribution in [-0.4, -0.2) is 36.1 Å². The predicted octanol–water partition coefficient (Wildman–Crippen LogP) is 3.18. The lowest BCUT2D eigenvalue weighted by molar-refractivity contribution is -0.135. The molecule has 2 heterocycles. The zero-order valence-corrected chi connectivity index (χ0v) is 18.6. The van der Waals surface area contributed by atoms with Gasteiger partial charge in [-0.05, 0) is 48.6 Å². The summed E-state index contributed by atoms with van der Waals surface area (Å²) in [5.74, 6) is 0.613. The normalized spacial score (nSPS) is 20.5. The van der Waals surface area contributed by atoms with Gasteiger partial charge in [0.05, 0.1) is 6.04 Å². The summed E-state index contributed by atoms with van der Waals surface area (Å²) >= 11 is 0. The largest absolute Gasteiger partial charge is 0.454 e. The third-order valence-corrected chi connectivity index (χ3v) is 6.01. The molecular formula is C24H27N3O5. The minimum absolute atomic E-state index is 0.112. The maximum Gasteiger partial charge on any atom is 0.325 e. The van der Waals surface area contributed by atoms with Gasteiger partial charge in [0.1, 0.15) is 12.1 Å². The van der Waals surface area contributed by atoms with Gasteiger partial charge in [0, 0.05) is 0 Å². The van der Waals surface area contributed by atoms with Crippen molar-refractivity contribution >= 4 is 17.8 Å². The first-order valence-corrected chi connectivity index (χ1v) is 10.6. The van der Waals surface area contributed by atoms with Crippen LogP contribution >= 0.6 is 0 Å². The van der Waals surface area contributed by atoms with Gasteiger partial charge in [-0.1, -0.05) is 44.2 Å². The van der Waals surface area contributed by atoms with Crippen LogP contribution in [0.1, 0.15) is 56.3 Å². The maximum atomic E-state index is 13.1. The van der Waals surface area contributed by atoms with Crippen LogP contribution < -0.4 is 20.1 Å². The van der Waals surface area contributed by atoms with E-state index in [4.69, 9.17) is 9.47 Å². The summed E-state index contributed by atoms with van der Waals surface area (Å²) in [7, 11) is 0. The summed E-state index contributed by atoms with van der Waals surface area (Å²) in [6.45, 7) is 7.47. The zero-order valence-electron chi connectivity index (χ0n) is 18.6. The van der Waals surface area contributed by atoms with Crippen molar-refractivity contribution in [3.05, 3.63) is 59.2 Å². The van der Waals surface area contributed by atoms with E-state index in [0.29, 0.717) is 23.0 Å². The molecule has 32 heavy (non-hydrogen) atoms. The molecule has 4 rings (SSSR count). The number of ether oxygens (including phenoxy) is 2. The van der Waals surface area contributed by atoms with Crippen LogP contribution in [0.2, 0.25) is 0 Å². The highest BCUT2D eigenvalue weighted by Crippen LogP contribution is 2.37. The molecule has 2 aromatic rings. The highest BCUT2D eigenvalue weighted by Gasteiger charge is 2.50. The Balaban J connectivity index is 1.43. The smallest absolute Gasteiger partial charge is 0.325 e. The van der Waals surface area contributed by atoms with Gasteiger partial charge in [0.15, 0.2) is 11.5 Å². The summed E-state index contributed by atoms with van der Waals surface area (Å²) in [5.41, 5.74) is 1.43. The van der Waals surface area contributed by atoms with E-state index in [1.54, 1.807) is 25.1 Å². The Labute approximate surface area is 186 Å². The maximum absolute atomic E-state index is 13.1. The summed E-state index contributed by atoms with van der Waals surface area (Å²) in [6.07, 6.45) is 0. The number of nitrogens with zero attached hydrogens (tertiary/aromatic N) is 1. The fourth-order valence-electron chi connectivity index (χ4n) is 3.93. The number of carbonyl (C=O) groups excluding carboxylic acids is 3. The van der Waals surface area contributed by atoms with Crippen molar-refractivity contribution in [2.75, 3.05) is 13.3 Å². The van der Waals surface area contributed by atoms with Crippen LogP contribution in [0.15, 0.2) is 42.5 Å². The first-order valence-electron chi connectivity index (χ1n) is 10.6. The second kappa shape index (κ2) is 8.18. The minimum atomic E-state index is -1.30. The molecule has 2 N–H and O–H groups in total. The van der Waals surface area contributed by atoms with Crippen LogP contribution in [-0.2, 0) is 15.1 Å². The number of fused-ring (bicyclic) bond motifs is 1. The molecule has 2 aliphatic heterocycles. The lowest BCUT2D eigenvalue weighted by atomic mass is 9.91. The molecule has 2 unspecified atom stereocenters. The number of imide groups is 1. The highest BCUT2D eigenvalue weighted by atomic mass is 16.7. The van der Waals surface area contributed by atoms with E-state index in [0.717, 1.165) is 10.5 Å². The SMILES string of the molecule is CC(C)c1ccc(C(C)NC(=O)CN2C(=O)NC(C)(c3ccc4c(c3)OCO4)C2=O)cc1. The first kappa shape index (κ1) is 21.7. The molecule has 0 aromatic heterocycles. The minimum Gasteiger partial charge on any atom is -0.454 e. The van der Waals surface area contributed by atoms with E-state index in [2.05, 4.69) is 24.5 Å². The first-order chi connectivity index (χ1) is 15.2. The molecule has 2 atom stereocenters. The number of nitrogens with one attached hydrogen (secondary N) is 2. The summed E-state index contributed by atoms with van der Waals surface area (Å²) in [6, 6.07) is 12.2. The monoisotopic (exact) mass is 437 g/mol. The van der Waals surface area contributed by atoms with Crippen LogP contribution in [0.5, 0.6) is 11.5 Å². The quantitative estimate of drug-likeness (QED) is 0.677. The lowest BCUT2D eigenvalue weighted by Crippen LogP contribution is -2.43. The van der Waals surface area contributed by atoms with Crippen molar-refractivity contribution in [2.24, 2.45) is 0 Å². The molecular weight excluding hydrogens is 410 g/mol. The van der Waals surface area contributed by atoms with Crippen molar-refractivity contribution in [3.8, 4) is 11.5 Å². The van der Waals surface area contributed by atoms with Gasteiger partial charge in [-0.25, -0.2) is 4.79 Å². The Morgan fingerprint density at radius 1 is 1.06 bits per heavy atom. The van der Waals surface area contributed by atoms with Crippen LogP contribution in [0, 0.1) is 0 Å². The highest BCUT2D eigenvalue weighted by molar-refractivity contribution is 6.09. The Hall–Kier alpha value is -3.55. The van der Waals surface area contributed by atoms with Gasteiger partial charge in [0.25, 0.3) is 5.91 Å². The van der Waals surface area contributed by atoms with E-state index < -0.39 is 23.4 Å². The van der Waals surface area contributed by atoms with Crippen LogP contribution in [0.4, 0.5) is 4.79 Å². The Kier molecular flexibility index (Phi) is 5.54. The summed E-state index contributed by atoms with van der Waals surface area (Å²) < 4.78 is 10.7. The van der Waals surface area contributed by atoms with Crippen molar-refractivity contribution in [1.82, 2.24) is 15.5 Å². The number of hydrogen-bond donors (Lipinski definition) is 2. The Morgan fingerprint density at radius 3 is 2.41 bits per heavy atom. The molecule has 0 saturated carbocycles. The third-order valence-electron chi connectivity index (χ3n) is 6.01. The van der Waals surface area contributed by atoms with E-state index in [-0.39, 0.29) is 19.4 Å². The third kappa shape index (κ3) is 3.88. The summed E-state index contributed by atoms with van der Waals surface area (Å²) in [5, 5.41) is 5.57. The van der Waals surface area contributed by atoms with Gasteiger partial charge >= 0.3 is 6.03 Å². The fraction of sp³-hybridized carbons (Fsp3) is 0.375. The molecule has 0 spiro atoms.